The third-order valence-electron chi connectivity index (χ3n) is 6.27. The average molecular weight is 535 g/mol. The first kappa shape index (κ1) is 24.1. The standard InChI is InChI=1S/C24H23ClN2O6S2/c1-32-20-11-17(3-5-19(20)33-14-24(29)6-8-35(30,31)9-7-24)27-13-15-10-21(34-22(15)23(27)28)18-4-2-16(25)12-26-18/h2-5,10-12,29H,6-9,13-14H2,1H3. The van der Waals surface area contributed by atoms with Crippen LogP contribution in [0.25, 0.3) is 10.6 Å². The molecule has 5 rings (SSSR count). The Morgan fingerprint density at radius 1 is 1.17 bits per heavy atom. The van der Waals surface area contributed by atoms with Gasteiger partial charge in [0.25, 0.3) is 5.91 Å². The number of halogens is 1. The number of sulfone groups is 1. The SMILES string of the molecule is COc1cc(N2Cc3cc(-c4ccc(Cl)cn4)sc3C2=O)ccc1OCC1(O)CCS(=O)(=O)CC1. The third-order valence-corrected chi connectivity index (χ3v) is 9.33. The molecule has 184 valence electrons. The van der Waals surface area contributed by atoms with E-state index in [1.54, 1.807) is 35.4 Å². The van der Waals surface area contributed by atoms with Gasteiger partial charge in [-0.2, -0.15) is 0 Å². The minimum atomic E-state index is -3.09. The van der Waals surface area contributed by atoms with E-state index >= 15 is 0 Å². The summed E-state index contributed by atoms with van der Waals surface area (Å²) in [4.78, 5) is 20.7. The number of fused-ring (bicyclic) bond motifs is 1. The molecule has 35 heavy (non-hydrogen) atoms. The highest BCUT2D eigenvalue weighted by atomic mass is 35.5. The zero-order chi connectivity index (χ0) is 24.8. The number of amides is 1. The summed E-state index contributed by atoms with van der Waals surface area (Å²) in [5, 5.41) is 11.2. The third kappa shape index (κ3) is 4.88. The van der Waals surface area contributed by atoms with Crippen LogP contribution in [0.3, 0.4) is 0 Å². The summed E-state index contributed by atoms with van der Waals surface area (Å²) in [5.74, 6) is 0.623. The Morgan fingerprint density at radius 2 is 1.94 bits per heavy atom. The molecule has 11 heteroatoms. The van der Waals surface area contributed by atoms with Crippen molar-refractivity contribution in [1.82, 2.24) is 4.98 Å². The molecule has 8 nitrogen and oxygen atoms in total. The Balaban J connectivity index is 1.30. The van der Waals surface area contributed by atoms with Crippen LogP contribution >= 0.6 is 22.9 Å². The molecule has 0 spiro atoms. The minimum Gasteiger partial charge on any atom is -0.493 e. The maximum Gasteiger partial charge on any atom is 0.269 e. The molecule has 0 bridgehead atoms. The molecule has 3 aromatic rings. The smallest absolute Gasteiger partial charge is 0.269 e. The molecule has 0 saturated carbocycles. The largest absolute Gasteiger partial charge is 0.493 e. The lowest BCUT2D eigenvalue weighted by Crippen LogP contribution is -2.43. The lowest BCUT2D eigenvalue weighted by Gasteiger charge is -2.31. The van der Waals surface area contributed by atoms with Crippen LogP contribution in [0, 0.1) is 0 Å². The number of thiophene rings is 1. The molecular formula is C24H23ClN2O6S2. The molecular weight excluding hydrogens is 512 g/mol. The molecule has 1 N–H and O–H groups in total. The number of hydrogen-bond donors (Lipinski definition) is 1. The number of nitrogens with zero attached hydrogens (tertiary/aromatic N) is 2. The monoisotopic (exact) mass is 534 g/mol. The van der Waals surface area contributed by atoms with Gasteiger partial charge in [-0.1, -0.05) is 11.6 Å². The fourth-order valence-corrected chi connectivity index (χ4v) is 6.96. The average Bonchev–Trinajstić information content (AvgIpc) is 3.40. The van der Waals surface area contributed by atoms with Gasteiger partial charge in [0.05, 0.1) is 45.6 Å². The second kappa shape index (κ2) is 9.09. The van der Waals surface area contributed by atoms with Crippen molar-refractivity contribution in [1.29, 1.82) is 0 Å². The Bertz CT molecular complexity index is 1370. The number of methoxy groups -OCH3 is 1. The number of ether oxygens (including phenoxy) is 2. The van der Waals surface area contributed by atoms with E-state index in [0.29, 0.717) is 33.6 Å². The quantitative estimate of drug-likeness (QED) is 0.510. The molecule has 1 amide bonds. The molecule has 0 atom stereocenters. The van der Waals surface area contributed by atoms with Gasteiger partial charge in [0.2, 0.25) is 0 Å². The van der Waals surface area contributed by atoms with Crippen LogP contribution < -0.4 is 14.4 Å². The number of aromatic nitrogens is 1. The van der Waals surface area contributed by atoms with E-state index in [2.05, 4.69) is 4.98 Å². The van der Waals surface area contributed by atoms with Gasteiger partial charge in [0.1, 0.15) is 12.2 Å². The predicted molar refractivity (Wildman–Crippen MR) is 134 cm³/mol. The number of aliphatic hydroxyl groups is 1. The Kier molecular flexibility index (Phi) is 6.25. The summed E-state index contributed by atoms with van der Waals surface area (Å²) in [6.07, 6.45) is 1.85. The second-order valence-corrected chi connectivity index (χ2v) is 12.5. The van der Waals surface area contributed by atoms with Crippen molar-refractivity contribution in [2.75, 3.05) is 30.1 Å². The van der Waals surface area contributed by atoms with Crippen LogP contribution in [-0.2, 0) is 16.4 Å². The van der Waals surface area contributed by atoms with Crippen molar-refractivity contribution in [2.45, 2.75) is 25.0 Å². The van der Waals surface area contributed by atoms with Crippen molar-refractivity contribution in [2.24, 2.45) is 0 Å². The number of carbonyl (C=O) groups excluding carboxylic acids is 1. The summed E-state index contributed by atoms with van der Waals surface area (Å²) < 4.78 is 34.6. The highest BCUT2D eigenvalue weighted by Crippen LogP contribution is 2.40. The van der Waals surface area contributed by atoms with E-state index in [-0.39, 0.29) is 36.9 Å². The number of hydrogen-bond acceptors (Lipinski definition) is 8. The van der Waals surface area contributed by atoms with Gasteiger partial charge in [-0.3, -0.25) is 9.78 Å². The van der Waals surface area contributed by atoms with Crippen molar-refractivity contribution in [3.05, 3.63) is 58.1 Å². The van der Waals surface area contributed by atoms with Crippen LogP contribution in [0.2, 0.25) is 5.02 Å². The first-order chi connectivity index (χ1) is 16.7. The van der Waals surface area contributed by atoms with Crippen molar-refractivity contribution in [3.8, 4) is 22.1 Å². The molecule has 2 aromatic heterocycles. The number of rotatable bonds is 6. The molecule has 0 aliphatic carbocycles. The predicted octanol–water partition coefficient (Wildman–Crippen LogP) is 3.95. The second-order valence-electron chi connectivity index (χ2n) is 8.72. The molecule has 1 aromatic carbocycles. The van der Waals surface area contributed by atoms with E-state index in [4.69, 9.17) is 21.1 Å². The van der Waals surface area contributed by atoms with Crippen LogP contribution in [0.4, 0.5) is 5.69 Å². The zero-order valence-corrected chi connectivity index (χ0v) is 21.3. The first-order valence-electron chi connectivity index (χ1n) is 11.0. The van der Waals surface area contributed by atoms with Crippen molar-refractivity contribution >= 4 is 44.4 Å². The van der Waals surface area contributed by atoms with Crippen molar-refractivity contribution in [3.63, 3.8) is 0 Å². The summed E-state index contributed by atoms with van der Waals surface area (Å²) in [5.41, 5.74) is 1.16. The Hall–Kier alpha value is -2.66. The van der Waals surface area contributed by atoms with Gasteiger partial charge >= 0.3 is 0 Å². The van der Waals surface area contributed by atoms with Gasteiger partial charge in [0, 0.05) is 18.0 Å². The maximum absolute atomic E-state index is 13.1. The molecule has 1 fully saturated rings. The number of anilines is 1. The maximum atomic E-state index is 13.1. The summed E-state index contributed by atoms with van der Waals surface area (Å²) >= 11 is 7.32. The topological polar surface area (TPSA) is 106 Å². The Labute approximate surface area is 212 Å². The zero-order valence-electron chi connectivity index (χ0n) is 18.9. The van der Waals surface area contributed by atoms with Gasteiger partial charge in [-0.15, -0.1) is 11.3 Å². The summed E-state index contributed by atoms with van der Waals surface area (Å²) in [6.45, 7) is 0.384. The fraction of sp³-hybridized carbons (Fsp3) is 0.333. The summed E-state index contributed by atoms with van der Waals surface area (Å²) in [6, 6.07) is 10.8. The van der Waals surface area contributed by atoms with Crippen LogP contribution in [0.5, 0.6) is 11.5 Å². The normalized spacial score (nSPS) is 18.4. The lowest BCUT2D eigenvalue weighted by molar-refractivity contribution is -0.0134. The minimum absolute atomic E-state index is 0.0420. The molecule has 2 aliphatic rings. The summed E-state index contributed by atoms with van der Waals surface area (Å²) in [7, 11) is -1.59. The molecule has 0 radical (unpaired) electrons. The molecule has 4 heterocycles. The number of pyridine rings is 1. The van der Waals surface area contributed by atoms with Crippen molar-refractivity contribution < 1.29 is 27.8 Å². The highest BCUT2D eigenvalue weighted by molar-refractivity contribution is 7.91. The molecule has 0 unspecified atom stereocenters. The molecule has 2 aliphatic heterocycles. The first-order valence-corrected chi connectivity index (χ1v) is 14.0. The Morgan fingerprint density at radius 3 is 2.60 bits per heavy atom. The van der Waals surface area contributed by atoms with E-state index < -0.39 is 15.4 Å². The van der Waals surface area contributed by atoms with Gasteiger partial charge < -0.3 is 19.5 Å². The van der Waals surface area contributed by atoms with Crippen LogP contribution in [0.1, 0.15) is 28.1 Å². The highest BCUT2D eigenvalue weighted by Gasteiger charge is 2.36. The van der Waals surface area contributed by atoms with Gasteiger partial charge in [-0.05, 0) is 48.7 Å². The van der Waals surface area contributed by atoms with E-state index in [9.17, 15) is 18.3 Å². The van der Waals surface area contributed by atoms with Crippen LogP contribution in [0.15, 0.2) is 42.6 Å². The number of carbonyl (C=O) groups is 1. The van der Waals surface area contributed by atoms with Gasteiger partial charge in [-0.25, -0.2) is 8.42 Å². The number of benzene rings is 1. The van der Waals surface area contributed by atoms with Gasteiger partial charge in [0.15, 0.2) is 21.3 Å². The van der Waals surface area contributed by atoms with E-state index in [1.165, 1.54) is 18.4 Å². The van der Waals surface area contributed by atoms with E-state index in [1.807, 2.05) is 12.1 Å². The van der Waals surface area contributed by atoms with Crippen LogP contribution in [-0.4, -0.2) is 55.2 Å². The lowest BCUT2D eigenvalue weighted by atomic mass is 9.98. The fourth-order valence-electron chi connectivity index (χ4n) is 4.17. The van der Waals surface area contributed by atoms with E-state index in [0.717, 1.165) is 16.1 Å². The molecule has 1 saturated heterocycles.